The molecule has 0 amide bonds. The van der Waals surface area contributed by atoms with Gasteiger partial charge in [-0.15, -0.1) is 0 Å². The average molecular weight is 560 g/mol. The maximum absolute atomic E-state index is 13.7. The molecule has 2 aromatic heterocycles. The number of benzene rings is 2. The number of alkyl halides is 6. The van der Waals surface area contributed by atoms with Crippen molar-refractivity contribution in [3.05, 3.63) is 77.7 Å². The molecule has 0 aliphatic carbocycles. The van der Waals surface area contributed by atoms with E-state index in [1.165, 1.54) is 36.5 Å². The summed E-state index contributed by atoms with van der Waals surface area (Å²) in [7, 11) is 0. The summed E-state index contributed by atoms with van der Waals surface area (Å²) in [5.74, 6) is 1.79. The molecular weight excluding hydrogens is 532 g/mol. The SMILES string of the molecule is CC1CC(C)CN(Cc2nc(Nc3ccc(C(F)(F)F)cc3)c3ccc(-c4ncccc4C(F)(F)F)cc3n2)C1. The fraction of sp³-hybridized carbons (Fsp3) is 0.345. The van der Waals surface area contributed by atoms with E-state index in [2.05, 4.69) is 34.0 Å². The molecule has 0 saturated carbocycles. The number of halogens is 6. The van der Waals surface area contributed by atoms with Crippen LogP contribution in [0.1, 0.15) is 37.2 Å². The van der Waals surface area contributed by atoms with Gasteiger partial charge in [0.1, 0.15) is 11.6 Å². The number of anilines is 2. The summed E-state index contributed by atoms with van der Waals surface area (Å²) < 4.78 is 80.2. The topological polar surface area (TPSA) is 53.9 Å². The summed E-state index contributed by atoms with van der Waals surface area (Å²) in [6, 6.07) is 11.4. The third kappa shape index (κ3) is 6.19. The van der Waals surface area contributed by atoms with Crippen LogP contribution in [0.25, 0.3) is 22.2 Å². The number of hydrogen-bond acceptors (Lipinski definition) is 5. The van der Waals surface area contributed by atoms with E-state index in [4.69, 9.17) is 4.98 Å². The van der Waals surface area contributed by atoms with Gasteiger partial charge in [0, 0.05) is 35.9 Å². The van der Waals surface area contributed by atoms with E-state index in [1.807, 2.05) is 0 Å². The molecule has 5 nitrogen and oxygen atoms in total. The minimum Gasteiger partial charge on any atom is -0.340 e. The van der Waals surface area contributed by atoms with Gasteiger partial charge >= 0.3 is 12.4 Å². The van der Waals surface area contributed by atoms with Gasteiger partial charge in [-0.2, -0.15) is 26.3 Å². The first-order chi connectivity index (χ1) is 18.9. The predicted molar refractivity (Wildman–Crippen MR) is 141 cm³/mol. The standard InChI is InChI=1S/C29H27F6N5/c1-17-12-18(2)15-40(14-17)16-25-38-24-13-19(26-23(29(33,34)35)4-3-11-36-26)5-10-22(24)27(39-25)37-21-8-6-20(7-9-21)28(30,31)32/h3-11,13,17-18H,12,14-16H2,1-2H3,(H,37,38,39). The molecule has 1 fully saturated rings. The van der Waals surface area contributed by atoms with E-state index in [9.17, 15) is 26.3 Å². The average Bonchev–Trinajstić information content (AvgIpc) is 2.87. The molecule has 0 spiro atoms. The Hall–Kier alpha value is -3.73. The molecule has 3 heterocycles. The molecule has 4 aromatic rings. The van der Waals surface area contributed by atoms with Crippen LogP contribution in [-0.4, -0.2) is 32.9 Å². The molecule has 1 N–H and O–H groups in total. The van der Waals surface area contributed by atoms with Crippen LogP contribution >= 0.6 is 0 Å². The molecule has 0 radical (unpaired) electrons. The molecule has 2 unspecified atom stereocenters. The summed E-state index contributed by atoms with van der Waals surface area (Å²) in [5.41, 5.74) is -0.831. The molecule has 0 bridgehead atoms. The number of rotatable bonds is 5. The van der Waals surface area contributed by atoms with E-state index in [0.717, 1.165) is 37.7 Å². The number of piperidine rings is 1. The number of aromatic nitrogens is 3. The highest BCUT2D eigenvalue weighted by atomic mass is 19.4. The highest BCUT2D eigenvalue weighted by Crippen LogP contribution is 2.37. The van der Waals surface area contributed by atoms with Gasteiger partial charge in [0.15, 0.2) is 0 Å². The highest BCUT2D eigenvalue weighted by molar-refractivity contribution is 5.93. The molecule has 5 rings (SSSR count). The third-order valence-electron chi connectivity index (χ3n) is 6.91. The summed E-state index contributed by atoms with van der Waals surface area (Å²) >= 11 is 0. The summed E-state index contributed by atoms with van der Waals surface area (Å²) in [6.07, 6.45) is -6.64. The summed E-state index contributed by atoms with van der Waals surface area (Å²) in [6.45, 7) is 6.50. The van der Waals surface area contributed by atoms with E-state index in [1.54, 1.807) is 6.07 Å². The van der Waals surface area contributed by atoms with Crippen molar-refractivity contribution >= 4 is 22.4 Å². The Morgan fingerprint density at radius 1 is 0.875 bits per heavy atom. The Kier molecular flexibility index (Phi) is 7.43. The lowest BCUT2D eigenvalue weighted by Gasteiger charge is -2.34. The Labute approximate surface area is 227 Å². The molecule has 1 aliphatic rings. The molecule has 11 heteroatoms. The zero-order valence-corrected chi connectivity index (χ0v) is 21.8. The maximum Gasteiger partial charge on any atom is 0.418 e. The van der Waals surface area contributed by atoms with Gasteiger partial charge < -0.3 is 5.32 Å². The van der Waals surface area contributed by atoms with Gasteiger partial charge in [-0.25, -0.2) is 9.97 Å². The number of pyridine rings is 1. The van der Waals surface area contributed by atoms with Crippen molar-refractivity contribution in [2.75, 3.05) is 18.4 Å². The molecule has 2 atom stereocenters. The summed E-state index contributed by atoms with van der Waals surface area (Å²) in [4.78, 5) is 15.6. The van der Waals surface area contributed by atoms with Crippen molar-refractivity contribution in [1.82, 2.24) is 19.9 Å². The number of nitrogens with one attached hydrogen (secondary N) is 1. The summed E-state index contributed by atoms with van der Waals surface area (Å²) in [5, 5.41) is 3.59. The molecule has 210 valence electrons. The molecule has 1 saturated heterocycles. The lowest BCUT2D eigenvalue weighted by Crippen LogP contribution is -2.38. The van der Waals surface area contributed by atoms with E-state index in [0.29, 0.717) is 46.6 Å². The lowest BCUT2D eigenvalue weighted by atomic mass is 9.92. The first kappa shape index (κ1) is 27.8. The second-order valence-corrected chi connectivity index (χ2v) is 10.5. The molecule has 2 aromatic carbocycles. The second kappa shape index (κ2) is 10.7. The van der Waals surface area contributed by atoms with Crippen molar-refractivity contribution in [3.8, 4) is 11.3 Å². The minimum absolute atomic E-state index is 0.215. The Morgan fingerprint density at radius 2 is 1.57 bits per heavy atom. The van der Waals surface area contributed by atoms with Crippen LogP contribution in [0.5, 0.6) is 0 Å². The Bertz CT molecular complexity index is 1490. The number of nitrogens with zero attached hydrogens (tertiary/aromatic N) is 4. The normalized spacial score (nSPS) is 18.7. The Morgan fingerprint density at radius 3 is 2.23 bits per heavy atom. The zero-order chi connectivity index (χ0) is 28.7. The van der Waals surface area contributed by atoms with Crippen LogP contribution < -0.4 is 5.32 Å². The lowest BCUT2D eigenvalue weighted by molar-refractivity contribution is -0.138. The third-order valence-corrected chi connectivity index (χ3v) is 6.91. The highest BCUT2D eigenvalue weighted by Gasteiger charge is 2.34. The smallest absolute Gasteiger partial charge is 0.340 e. The van der Waals surface area contributed by atoms with Gasteiger partial charge in [0.2, 0.25) is 0 Å². The number of likely N-dealkylation sites (tertiary alicyclic amines) is 1. The van der Waals surface area contributed by atoms with Crippen LogP contribution in [0.4, 0.5) is 37.8 Å². The molecular formula is C29H27F6N5. The monoisotopic (exact) mass is 559 g/mol. The fourth-order valence-electron chi connectivity index (χ4n) is 5.36. The maximum atomic E-state index is 13.7. The quantitative estimate of drug-likeness (QED) is 0.252. The van der Waals surface area contributed by atoms with Crippen molar-refractivity contribution in [2.45, 2.75) is 39.2 Å². The van der Waals surface area contributed by atoms with Crippen molar-refractivity contribution in [2.24, 2.45) is 11.8 Å². The number of hydrogen-bond donors (Lipinski definition) is 1. The zero-order valence-electron chi connectivity index (χ0n) is 21.8. The minimum atomic E-state index is -4.59. The van der Waals surface area contributed by atoms with Gasteiger partial charge in [0.25, 0.3) is 0 Å². The number of fused-ring (bicyclic) bond motifs is 1. The van der Waals surface area contributed by atoms with Crippen molar-refractivity contribution < 1.29 is 26.3 Å². The van der Waals surface area contributed by atoms with Crippen LogP contribution in [0.2, 0.25) is 0 Å². The fourth-order valence-corrected chi connectivity index (χ4v) is 5.36. The second-order valence-electron chi connectivity index (χ2n) is 10.5. The van der Waals surface area contributed by atoms with E-state index in [-0.39, 0.29) is 11.3 Å². The van der Waals surface area contributed by atoms with Gasteiger partial charge in [-0.3, -0.25) is 9.88 Å². The predicted octanol–water partition coefficient (Wildman–Crippen LogP) is 7.95. The Balaban J connectivity index is 1.57. The van der Waals surface area contributed by atoms with E-state index >= 15 is 0 Å². The van der Waals surface area contributed by atoms with Crippen LogP contribution in [0, 0.1) is 11.8 Å². The van der Waals surface area contributed by atoms with Crippen LogP contribution in [0.3, 0.4) is 0 Å². The van der Waals surface area contributed by atoms with Gasteiger partial charge in [-0.05, 0) is 66.8 Å². The van der Waals surface area contributed by atoms with Crippen LogP contribution in [0.15, 0.2) is 60.8 Å². The van der Waals surface area contributed by atoms with Crippen molar-refractivity contribution in [3.63, 3.8) is 0 Å². The largest absolute Gasteiger partial charge is 0.418 e. The molecule has 40 heavy (non-hydrogen) atoms. The van der Waals surface area contributed by atoms with Crippen molar-refractivity contribution in [1.29, 1.82) is 0 Å². The van der Waals surface area contributed by atoms with Crippen LogP contribution in [-0.2, 0) is 18.9 Å². The first-order valence-corrected chi connectivity index (χ1v) is 12.9. The molecule has 1 aliphatic heterocycles. The van der Waals surface area contributed by atoms with E-state index < -0.39 is 23.5 Å². The van der Waals surface area contributed by atoms with Gasteiger partial charge in [-0.1, -0.05) is 19.9 Å². The first-order valence-electron chi connectivity index (χ1n) is 12.9. The van der Waals surface area contributed by atoms with Gasteiger partial charge in [0.05, 0.1) is 28.9 Å².